The molecule has 0 spiro atoms. The zero-order valence-electron chi connectivity index (χ0n) is 10.9. The van der Waals surface area contributed by atoms with Crippen LogP contribution in [0.3, 0.4) is 0 Å². The Hall–Kier alpha value is -0.960. The summed E-state index contributed by atoms with van der Waals surface area (Å²) in [5.41, 5.74) is 0.980. The van der Waals surface area contributed by atoms with Crippen LogP contribution in [-0.2, 0) is 6.54 Å². The highest BCUT2D eigenvalue weighted by Gasteiger charge is 2.20. The van der Waals surface area contributed by atoms with Gasteiger partial charge in [-0.15, -0.1) is 0 Å². The largest absolute Gasteiger partial charge is 0.297 e. The summed E-state index contributed by atoms with van der Waals surface area (Å²) >= 11 is 3.31. The number of hydrogen-bond donors (Lipinski definition) is 0. The average molecular weight is 326 g/mol. The van der Waals surface area contributed by atoms with E-state index < -0.39 is 0 Å². The van der Waals surface area contributed by atoms with Gasteiger partial charge >= 0.3 is 0 Å². The Kier molecular flexibility index (Phi) is 4.92. The minimum atomic E-state index is -0.207. The van der Waals surface area contributed by atoms with E-state index >= 15 is 0 Å². The van der Waals surface area contributed by atoms with Gasteiger partial charge in [0, 0.05) is 37.2 Å². The molecule has 2 rings (SSSR count). The van der Waals surface area contributed by atoms with E-state index in [4.69, 9.17) is 5.26 Å². The molecule has 0 saturated carbocycles. The molecule has 0 aromatic heterocycles. The van der Waals surface area contributed by atoms with E-state index in [2.05, 4.69) is 31.8 Å². The summed E-state index contributed by atoms with van der Waals surface area (Å²) < 4.78 is 14.1. The number of piperazine rings is 1. The summed E-state index contributed by atoms with van der Waals surface area (Å²) in [5, 5.41) is 8.90. The van der Waals surface area contributed by atoms with E-state index in [1.165, 1.54) is 6.07 Å². The van der Waals surface area contributed by atoms with E-state index in [0.29, 0.717) is 0 Å². The van der Waals surface area contributed by atoms with Gasteiger partial charge in [0.05, 0.1) is 12.1 Å². The molecule has 3 nitrogen and oxygen atoms in total. The van der Waals surface area contributed by atoms with Gasteiger partial charge in [0.1, 0.15) is 5.82 Å². The SMILES string of the molecule is CC(C#N)N1CCN(Cc2cc(F)cc(Br)c2)CC1. The Bertz CT molecular complexity index is 458. The van der Waals surface area contributed by atoms with Crippen molar-refractivity contribution in [2.24, 2.45) is 0 Å². The Balaban J connectivity index is 1.90. The minimum Gasteiger partial charge on any atom is -0.297 e. The lowest BCUT2D eigenvalue weighted by Gasteiger charge is -2.35. The number of rotatable bonds is 3. The first-order valence-electron chi connectivity index (χ1n) is 6.39. The molecule has 1 atom stereocenters. The van der Waals surface area contributed by atoms with Gasteiger partial charge in [0.25, 0.3) is 0 Å². The molecule has 1 heterocycles. The first-order valence-corrected chi connectivity index (χ1v) is 7.19. The summed E-state index contributed by atoms with van der Waals surface area (Å²) in [7, 11) is 0. The van der Waals surface area contributed by atoms with Gasteiger partial charge in [0.2, 0.25) is 0 Å². The monoisotopic (exact) mass is 325 g/mol. The highest BCUT2D eigenvalue weighted by atomic mass is 79.9. The zero-order valence-corrected chi connectivity index (χ0v) is 12.5. The topological polar surface area (TPSA) is 30.3 Å². The van der Waals surface area contributed by atoms with Crippen LogP contribution in [0.1, 0.15) is 12.5 Å². The average Bonchev–Trinajstić information content (AvgIpc) is 2.37. The van der Waals surface area contributed by atoms with Crippen molar-refractivity contribution in [1.29, 1.82) is 5.26 Å². The van der Waals surface area contributed by atoms with Gasteiger partial charge in [-0.25, -0.2) is 4.39 Å². The lowest BCUT2D eigenvalue weighted by molar-refractivity contribution is 0.114. The lowest BCUT2D eigenvalue weighted by atomic mass is 10.2. The molecule has 5 heteroatoms. The van der Waals surface area contributed by atoms with E-state index in [-0.39, 0.29) is 11.9 Å². The summed E-state index contributed by atoms with van der Waals surface area (Å²) in [6, 6.07) is 7.24. The van der Waals surface area contributed by atoms with Crippen LogP contribution in [0, 0.1) is 17.1 Å². The Morgan fingerprint density at radius 2 is 2.00 bits per heavy atom. The number of nitriles is 1. The summed E-state index contributed by atoms with van der Waals surface area (Å²) in [5.74, 6) is -0.207. The first kappa shape index (κ1) is 14.4. The van der Waals surface area contributed by atoms with Crippen LogP contribution in [-0.4, -0.2) is 42.0 Å². The van der Waals surface area contributed by atoms with Crippen molar-refractivity contribution in [2.45, 2.75) is 19.5 Å². The fraction of sp³-hybridized carbons (Fsp3) is 0.500. The third kappa shape index (κ3) is 4.00. The summed E-state index contributed by atoms with van der Waals surface area (Å²) in [6.07, 6.45) is 0. The molecule has 1 saturated heterocycles. The highest BCUT2D eigenvalue weighted by molar-refractivity contribution is 9.10. The highest BCUT2D eigenvalue weighted by Crippen LogP contribution is 2.17. The Morgan fingerprint density at radius 1 is 1.32 bits per heavy atom. The molecule has 0 radical (unpaired) electrons. The molecular formula is C14H17BrFN3. The smallest absolute Gasteiger partial charge is 0.124 e. The van der Waals surface area contributed by atoms with Crippen LogP contribution in [0.2, 0.25) is 0 Å². The number of nitrogens with zero attached hydrogens (tertiary/aromatic N) is 3. The van der Waals surface area contributed by atoms with Crippen LogP contribution in [0.25, 0.3) is 0 Å². The van der Waals surface area contributed by atoms with E-state index in [9.17, 15) is 4.39 Å². The molecule has 1 aliphatic rings. The van der Waals surface area contributed by atoms with Gasteiger partial charge in [-0.2, -0.15) is 5.26 Å². The molecule has 0 amide bonds. The van der Waals surface area contributed by atoms with Crippen LogP contribution in [0.4, 0.5) is 4.39 Å². The predicted molar refractivity (Wildman–Crippen MR) is 76.0 cm³/mol. The second-order valence-corrected chi connectivity index (χ2v) is 5.81. The third-order valence-corrected chi connectivity index (χ3v) is 3.93. The zero-order chi connectivity index (χ0) is 13.8. The number of halogens is 2. The molecule has 102 valence electrons. The molecule has 1 fully saturated rings. The molecule has 19 heavy (non-hydrogen) atoms. The number of hydrogen-bond acceptors (Lipinski definition) is 3. The van der Waals surface area contributed by atoms with Crippen molar-refractivity contribution in [3.8, 4) is 6.07 Å². The standard InChI is InChI=1S/C14H17BrFN3/c1-11(9-17)19-4-2-18(3-5-19)10-12-6-13(15)8-14(16)7-12/h6-8,11H,2-5,10H2,1H3. The molecule has 1 aliphatic heterocycles. The molecule has 0 N–H and O–H groups in total. The molecular weight excluding hydrogens is 309 g/mol. The second-order valence-electron chi connectivity index (χ2n) is 4.89. The molecule has 1 aromatic carbocycles. The van der Waals surface area contributed by atoms with E-state index in [1.54, 1.807) is 6.07 Å². The van der Waals surface area contributed by atoms with Crippen molar-refractivity contribution in [1.82, 2.24) is 9.80 Å². The predicted octanol–water partition coefficient (Wildman–Crippen LogP) is 2.62. The minimum absolute atomic E-state index is 0.0227. The quantitative estimate of drug-likeness (QED) is 0.855. The molecule has 0 aliphatic carbocycles. The van der Waals surface area contributed by atoms with Crippen LogP contribution < -0.4 is 0 Å². The van der Waals surface area contributed by atoms with Crippen molar-refractivity contribution in [2.75, 3.05) is 26.2 Å². The Morgan fingerprint density at radius 3 is 2.58 bits per heavy atom. The lowest BCUT2D eigenvalue weighted by Crippen LogP contribution is -2.48. The fourth-order valence-corrected chi connectivity index (χ4v) is 2.86. The van der Waals surface area contributed by atoms with Crippen molar-refractivity contribution >= 4 is 15.9 Å². The normalized spacial score (nSPS) is 19.1. The van der Waals surface area contributed by atoms with Gasteiger partial charge in [-0.3, -0.25) is 9.80 Å². The maximum Gasteiger partial charge on any atom is 0.124 e. The van der Waals surface area contributed by atoms with Crippen LogP contribution >= 0.6 is 15.9 Å². The van der Waals surface area contributed by atoms with Crippen LogP contribution in [0.5, 0.6) is 0 Å². The van der Waals surface area contributed by atoms with Crippen LogP contribution in [0.15, 0.2) is 22.7 Å². The van der Waals surface area contributed by atoms with Crippen molar-refractivity contribution in [3.05, 3.63) is 34.1 Å². The second kappa shape index (κ2) is 6.47. The van der Waals surface area contributed by atoms with Gasteiger partial charge in [-0.1, -0.05) is 15.9 Å². The van der Waals surface area contributed by atoms with Gasteiger partial charge in [0.15, 0.2) is 0 Å². The van der Waals surface area contributed by atoms with Crippen molar-refractivity contribution < 1.29 is 4.39 Å². The van der Waals surface area contributed by atoms with Gasteiger partial charge in [-0.05, 0) is 30.7 Å². The fourth-order valence-electron chi connectivity index (χ4n) is 2.35. The molecule has 1 aromatic rings. The summed E-state index contributed by atoms with van der Waals surface area (Å²) in [6.45, 7) is 6.31. The van der Waals surface area contributed by atoms with E-state index in [0.717, 1.165) is 42.8 Å². The maximum atomic E-state index is 13.3. The molecule has 1 unspecified atom stereocenters. The van der Waals surface area contributed by atoms with Gasteiger partial charge < -0.3 is 0 Å². The van der Waals surface area contributed by atoms with Crippen molar-refractivity contribution in [3.63, 3.8) is 0 Å². The number of benzene rings is 1. The molecule has 0 bridgehead atoms. The summed E-state index contributed by atoms with van der Waals surface area (Å²) in [4.78, 5) is 4.47. The van der Waals surface area contributed by atoms with E-state index in [1.807, 2.05) is 13.0 Å². The first-order chi connectivity index (χ1) is 9.08. The Labute approximate surface area is 121 Å². The third-order valence-electron chi connectivity index (χ3n) is 3.47. The maximum absolute atomic E-state index is 13.3.